The molecule has 1 atom stereocenters. The minimum absolute atomic E-state index is 0.0306. The Morgan fingerprint density at radius 2 is 1.78 bits per heavy atom. The van der Waals surface area contributed by atoms with E-state index >= 15 is 0 Å². The third-order valence-electron chi connectivity index (χ3n) is 3.07. The first kappa shape index (κ1) is 16.5. The van der Waals surface area contributed by atoms with Gasteiger partial charge in [0.15, 0.2) is 0 Å². The normalized spacial score (nSPS) is 13.1. The molecule has 0 spiro atoms. The molecule has 0 amide bonds. The standard InChI is InChI=1S/C14H18Br2ClF/c1-3-5-9(6-4-2)14(16)10-7-12(17)11(15)8-13(10)18/h7-9,14H,3-6H2,1-2H3. The summed E-state index contributed by atoms with van der Waals surface area (Å²) in [5.74, 6) is 0.247. The first-order valence-electron chi connectivity index (χ1n) is 6.29. The Bertz CT molecular complexity index is 390. The maximum atomic E-state index is 14.0. The Morgan fingerprint density at radius 1 is 1.22 bits per heavy atom. The molecule has 0 saturated carbocycles. The molecule has 102 valence electrons. The average molecular weight is 401 g/mol. The topological polar surface area (TPSA) is 0 Å². The molecule has 0 aliphatic rings. The molecule has 1 aromatic rings. The van der Waals surface area contributed by atoms with Crippen LogP contribution in [0.1, 0.15) is 49.9 Å². The van der Waals surface area contributed by atoms with Gasteiger partial charge in [0.1, 0.15) is 5.82 Å². The van der Waals surface area contributed by atoms with Gasteiger partial charge in [0.25, 0.3) is 0 Å². The Morgan fingerprint density at radius 3 is 2.28 bits per heavy atom. The number of halogens is 4. The maximum absolute atomic E-state index is 14.0. The molecule has 18 heavy (non-hydrogen) atoms. The molecule has 0 fully saturated rings. The molecule has 0 N–H and O–H groups in total. The molecule has 0 radical (unpaired) electrons. The van der Waals surface area contributed by atoms with Gasteiger partial charge in [-0.25, -0.2) is 4.39 Å². The zero-order valence-electron chi connectivity index (χ0n) is 10.6. The molecule has 0 saturated heterocycles. The second-order valence-corrected chi connectivity index (χ2v) is 6.78. The van der Waals surface area contributed by atoms with E-state index < -0.39 is 0 Å². The van der Waals surface area contributed by atoms with E-state index in [2.05, 4.69) is 45.7 Å². The van der Waals surface area contributed by atoms with Crippen LogP contribution in [0.25, 0.3) is 0 Å². The monoisotopic (exact) mass is 398 g/mol. The summed E-state index contributed by atoms with van der Waals surface area (Å²) >= 11 is 12.9. The number of hydrogen-bond donors (Lipinski definition) is 0. The van der Waals surface area contributed by atoms with Crippen LogP contribution in [0.4, 0.5) is 4.39 Å². The predicted molar refractivity (Wildman–Crippen MR) is 84.1 cm³/mol. The molecule has 1 unspecified atom stereocenters. The van der Waals surface area contributed by atoms with Crippen LogP contribution in [0, 0.1) is 11.7 Å². The Balaban J connectivity index is 3.00. The molecule has 4 heteroatoms. The molecule has 0 aromatic heterocycles. The minimum Gasteiger partial charge on any atom is -0.207 e. The second kappa shape index (κ2) is 7.86. The summed E-state index contributed by atoms with van der Waals surface area (Å²) in [4.78, 5) is 0.0306. The van der Waals surface area contributed by atoms with E-state index in [9.17, 15) is 4.39 Å². The number of alkyl halides is 1. The smallest absolute Gasteiger partial charge is 0.128 e. The summed E-state index contributed by atoms with van der Waals surface area (Å²) in [5.41, 5.74) is 0.662. The fraction of sp³-hybridized carbons (Fsp3) is 0.571. The molecule has 0 aliphatic heterocycles. The van der Waals surface area contributed by atoms with Crippen LogP contribution in [0.15, 0.2) is 16.6 Å². The van der Waals surface area contributed by atoms with Gasteiger partial charge in [0.05, 0.1) is 5.02 Å². The Hall–Kier alpha value is 0.400. The van der Waals surface area contributed by atoms with E-state index in [4.69, 9.17) is 11.6 Å². The first-order chi connectivity index (χ1) is 8.51. The lowest BCUT2D eigenvalue weighted by molar-refractivity contribution is 0.427. The van der Waals surface area contributed by atoms with Crippen molar-refractivity contribution in [2.24, 2.45) is 5.92 Å². The fourth-order valence-electron chi connectivity index (χ4n) is 2.18. The largest absolute Gasteiger partial charge is 0.207 e. The van der Waals surface area contributed by atoms with E-state index in [1.807, 2.05) is 0 Å². The summed E-state index contributed by atoms with van der Waals surface area (Å²) in [6.45, 7) is 4.32. The van der Waals surface area contributed by atoms with Gasteiger partial charge < -0.3 is 0 Å². The van der Waals surface area contributed by atoms with E-state index in [-0.39, 0.29) is 10.6 Å². The highest BCUT2D eigenvalue weighted by Gasteiger charge is 2.23. The van der Waals surface area contributed by atoms with Gasteiger partial charge >= 0.3 is 0 Å². The predicted octanol–water partition coefficient (Wildman–Crippen LogP) is 6.89. The van der Waals surface area contributed by atoms with Gasteiger partial charge in [-0.05, 0) is 46.8 Å². The molecule has 0 bridgehead atoms. The lowest BCUT2D eigenvalue weighted by Crippen LogP contribution is -2.09. The summed E-state index contributed by atoms with van der Waals surface area (Å²) in [5, 5.41) is 0.558. The lowest BCUT2D eigenvalue weighted by Gasteiger charge is -2.23. The molecule has 1 aromatic carbocycles. The van der Waals surface area contributed by atoms with Crippen molar-refractivity contribution in [2.45, 2.75) is 44.4 Å². The Labute approximate surface area is 131 Å². The van der Waals surface area contributed by atoms with Crippen molar-refractivity contribution >= 4 is 43.5 Å². The quantitative estimate of drug-likeness (QED) is 0.360. The summed E-state index contributed by atoms with van der Waals surface area (Å²) < 4.78 is 14.6. The van der Waals surface area contributed by atoms with Gasteiger partial charge in [0.2, 0.25) is 0 Å². The van der Waals surface area contributed by atoms with Gasteiger partial charge in [-0.2, -0.15) is 0 Å². The van der Waals surface area contributed by atoms with E-state index in [1.165, 1.54) is 6.07 Å². The van der Waals surface area contributed by atoms with Gasteiger partial charge in [-0.15, -0.1) is 0 Å². The van der Waals surface area contributed by atoms with Crippen molar-refractivity contribution in [3.8, 4) is 0 Å². The third kappa shape index (κ3) is 4.21. The SMILES string of the molecule is CCCC(CCC)C(Br)c1cc(Cl)c(Br)cc1F. The van der Waals surface area contributed by atoms with E-state index in [1.54, 1.807) is 6.07 Å². The van der Waals surface area contributed by atoms with Crippen molar-refractivity contribution in [1.29, 1.82) is 0 Å². The van der Waals surface area contributed by atoms with Crippen molar-refractivity contribution in [1.82, 2.24) is 0 Å². The molecular formula is C14H18Br2ClF. The zero-order valence-corrected chi connectivity index (χ0v) is 14.6. The zero-order chi connectivity index (χ0) is 13.7. The molecule has 1 rings (SSSR count). The highest BCUT2D eigenvalue weighted by molar-refractivity contribution is 9.10. The van der Waals surface area contributed by atoms with Crippen LogP contribution in [0.2, 0.25) is 5.02 Å². The number of rotatable bonds is 6. The number of hydrogen-bond acceptors (Lipinski definition) is 0. The van der Waals surface area contributed by atoms with Crippen LogP contribution in [0.3, 0.4) is 0 Å². The average Bonchev–Trinajstić information content (AvgIpc) is 2.33. The van der Waals surface area contributed by atoms with E-state index in [0.717, 1.165) is 25.7 Å². The van der Waals surface area contributed by atoms with Crippen LogP contribution in [-0.2, 0) is 0 Å². The van der Waals surface area contributed by atoms with E-state index in [0.29, 0.717) is 21.0 Å². The van der Waals surface area contributed by atoms with Crippen molar-refractivity contribution < 1.29 is 4.39 Å². The van der Waals surface area contributed by atoms with Crippen LogP contribution >= 0.6 is 43.5 Å². The first-order valence-corrected chi connectivity index (χ1v) is 8.38. The van der Waals surface area contributed by atoms with Gasteiger partial charge in [0, 0.05) is 14.9 Å². The minimum atomic E-state index is -0.203. The van der Waals surface area contributed by atoms with Gasteiger partial charge in [-0.1, -0.05) is 54.2 Å². The summed E-state index contributed by atoms with van der Waals surface area (Å²) in [7, 11) is 0. The number of benzene rings is 1. The van der Waals surface area contributed by atoms with Crippen LogP contribution in [-0.4, -0.2) is 0 Å². The van der Waals surface area contributed by atoms with Crippen LogP contribution < -0.4 is 0 Å². The highest BCUT2D eigenvalue weighted by atomic mass is 79.9. The summed E-state index contributed by atoms with van der Waals surface area (Å²) in [6, 6.07) is 3.17. The molecule has 0 nitrogen and oxygen atoms in total. The van der Waals surface area contributed by atoms with Gasteiger partial charge in [-0.3, -0.25) is 0 Å². The molecule has 0 aliphatic carbocycles. The second-order valence-electron chi connectivity index (χ2n) is 4.53. The summed E-state index contributed by atoms with van der Waals surface area (Å²) in [6.07, 6.45) is 4.41. The maximum Gasteiger partial charge on any atom is 0.128 e. The van der Waals surface area contributed by atoms with Crippen molar-refractivity contribution in [2.75, 3.05) is 0 Å². The van der Waals surface area contributed by atoms with Crippen molar-refractivity contribution in [3.63, 3.8) is 0 Å². The van der Waals surface area contributed by atoms with Crippen molar-refractivity contribution in [3.05, 3.63) is 33.0 Å². The highest BCUT2D eigenvalue weighted by Crippen LogP contribution is 2.40. The Kier molecular flexibility index (Phi) is 7.19. The molecule has 0 heterocycles. The fourth-order valence-corrected chi connectivity index (χ4v) is 3.55. The third-order valence-corrected chi connectivity index (χ3v) is 5.51. The molecular weight excluding hydrogens is 382 g/mol. The lowest BCUT2D eigenvalue weighted by atomic mass is 9.91. The van der Waals surface area contributed by atoms with Crippen LogP contribution in [0.5, 0.6) is 0 Å².